The summed E-state index contributed by atoms with van der Waals surface area (Å²) in [5.74, 6) is -0.503. The van der Waals surface area contributed by atoms with Crippen LogP contribution in [-0.4, -0.2) is 12.0 Å². The van der Waals surface area contributed by atoms with E-state index in [1.54, 1.807) is 12.1 Å². The fraction of sp³-hybridized carbons (Fsp3) is 0.176. The van der Waals surface area contributed by atoms with Crippen molar-refractivity contribution in [2.24, 2.45) is 0 Å². The highest BCUT2D eigenvalue weighted by Crippen LogP contribution is 2.34. The molecule has 0 radical (unpaired) electrons. The molecule has 0 saturated carbocycles. The van der Waals surface area contributed by atoms with Crippen LogP contribution in [-0.2, 0) is 11.0 Å². The van der Waals surface area contributed by atoms with Gasteiger partial charge in [0.15, 0.2) is 6.10 Å². The third-order valence-corrected chi connectivity index (χ3v) is 3.56. The SMILES string of the molecule is C[C@@H](Oc1ccccc1C#N)C(=O)Nc1cc(C(F)(F)F)ccc1Cl. The largest absolute Gasteiger partial charge is 0.480 e. The van der Waals surface area contributed by atoms with Crippen molar-refractivity contribution in [2.45, 2.75) is 19.2 Å². The second-order valence-electron chi connectivity index (χ2n) is 5.05. The topological polar surface area (TPSA) is 62.1 Å². The lowest BCUT2D eigenvalue weighted by Crippen LogP contribution is -2.30. The molecule has 2 rings (SSSR count). The number of alkyl halides is 3. The number of amides is 1. The second-order valence-corrected chi connectivity index (χ2v) is 5.46. The lowest BCUT2D eigenvalue weighted by atomic mass is 10.2. The Morgan fingerprint density at radius 1 is 1.28 bits per heavy atom. The molecular formula is C17H12ClF3N2O2. The molecule has 0 bridgehead atoms. The number of nitriles is 1. The van der Waals surface area contributed by atoms with E-state index in [2.05, 4.69) is 5.32 Å². The molecule has 0 aliphatic carbocycles. The number of hydrogen-bond acceptors (Lipinski definition) is 3. The molecule has 2 aromatic rings. The minimum atomic E-state index is -4.56. The lowest BCUT2D eigenvalue weighted by molar-refractivity contribution is -0.137. The molecule has 0 spiro atoms. The van der Waals surface area contributed by atoms with E-state index in [0.717, 1.165) is 18.2 Å². The first kappa shape index (κ1) is 18.6. The van der Waals surface area contributed by atoms with Gasteiger partial charge in [-0.3, -0.25) is 4.79 Å². The highest BCUT2D eigenvalue weighted by molar-refractivity contribution is 6.33. The van der Waals surface area contributed by atoms with Gasteiger partial charge in [-0.05, 0) is 37.3 Å². The smallest absolute Gasteiger partial charge is 0.416 e. The van der Waals surface area contributed by atoms with Gasteiger partial charge in [0, 0.05) is 0 Å². The maximum absolute atomic E-state index is 12.8. The zero-order valence-electron chi connectivity index (χ0n) is 12.9. The van der Waals surface area contributed by atoms with Crippen LogP contribution in [0.3, 0.4) is 0 Å². The molecule has 130 valence electrons. The van der Waals surface area contributed by atoms with Gasteiger partial charge in [-0.15, -0.1) is 0 Å². The van der Waals surface area contributed by atoms with Gasteiger partial charge in [0.2, 0.25) is 0 Å². The number of hydrogen-bond donors (Lipinski definition) is 1. The number of carbonyl (C=O) groups is 1. The van der Waals surface area contributed by atoms with E-state index in [9.17, 15) is 18.0 Å². The van der Waals surface area contributed by atoms with Gasteiger partial charge < -0.3 is 10.1 Å². The minimum Gasteiger partial charge on any atom is -0.480 e. The molecule has 0 saturated heterocycles. The van der Waals surface area contributed by atoms with E-state index in [0.29, 0.717) is 0 Å². The van der Waals surface area contributed by atoms with Gasteiger partial charge in [0.25, 0.3) is 5.91 Å². The number of nitrogens with zero attached hydrogens (tertiary/aromatic N) is 1. The molecule has 2 aromatic carbocycles. The number of anilines is 1. The van der Waals surface area contributed by atoms with Crippen molar-refractivity contribution in [3.63, 3.8) is 0 Å². The Balaban J connectivity index is 2.15. The Hall–Kier alpha value is -2.72. The number of para-hydroxylation sites is 1. The van der Waals surface area contributed by atoms with Crippen LogP contribution >= 0.6 is 11.6 Å². The molecule has 4 nitrogen and oxygen atoms in total. The number of benzene rings is 2. The number of rotatable bonds is 4. The van der Waals surface area contributed by atoms with Crippen molar-refractivity contribution in [3.8, 4) is 11.8 Å². The zero-order valence-corrected chi connectivity index (χ0v) is 13.7. The summed E-state index contributed by atoms with van der Waals surface area (Å²) in [5.41, 5.74) is -0.875. The van der Waals surface area contributed by atoms with Crippen molar-refractivity contribution < 1.29 is 22.7 Å². The average Bonchev–Trinajstić information content (AvgIpc) is 2.56. The van der Waals surface area contributed by atoms with Crippen molar-refractivity contribution in [1.29, 1.82) is 5.26 Å². The normalized spacial score (nSPS) is 12.2. The van der Waals surface area contributed by atoms with Crippen LogP contribution in [0.1, 0.15) is 18.1 Å². The third kappa shape index (κ3) is 4.64. The van der Waals surface area contributed by atoms with Crippen molar-refractivity contribution >= 4 is 23.2 Å². The average molecular weight is 369 g/mol. The Morgan fingerprint density at radius 2 is 1.96 bits per heavy atom. The van der Waals surface area contributed by atoms with Crippen LogP contribution in [0.2, 0.25) is 5.02 Å². The molecule has 0 fully saturated rings. The van der Waals surface area contributed by atoms with E-state index in [4.69, 9.17) is 21.6 Å². The first-order valence-corrected chi connectivity index (χ1v) is 7.43. The van der Waals surface area contributed by atoms with Crippen LogP contribution in [0.4, 0.5) is 18.9 Å². The van der Waals surface area contributed by atoms with E-state index in [1.807, 2.05) is 6.07 Å². The first-order valence-electron chi connectivity index (χ1n) is 7.05. The number of ether oxygens (including phenoxy) is 1. The quantitative estimate of drug-likeness (QED) is 0.855. The van der Waals surface area contributed by atoms with Crippen molar-refractivity contribution in [2.75, 3.05) is 5.32 Å². The van der Waals surface area contributed by atoms with Gasteiger partial charge in [-0.25, -0.2) is 0 Å². The van der Waals surface area contributed by atoms with Crippen LogP contribution in [0.25, 0.3) is 0 Å². The van der Waals surface area contributed by atoms with Crippen LogP contribution in [0.5, 0.6) is 5.75 Å². The molecule has 8 heteroatoms. The predicted octanol–water partition coefficient (Wildman–Crippen LogP) is 4.64. The molecule has 0 heterocycles. The summed E-state index contributed by atoms with van der Waals surface area (Å²) in [6, 6.07) is 10.8. The summed E-state index contributed by atoms with van der Waals surface area (Å²) in [6.45, 7) is 1.41. The molecular weight excluding hydrogens is 357 g/mol. The Kier molecular flexibility index (Phi) is 5.55. The van der Waals surface area contributed by atoms with E-state index < -0.39 is 23.8 Å². The van der Waals surface area contributed by atoms with Crippen molar-refractivity contribution in [1.82, 2.24) is 0 Å². The van der Waals surface area contributed by atoms with Gasteiger partial charge in [-0.2, -0.15) is 18.4 Å². The lowest BCUT2D eigenvalue weighted by Gasteiger charge is -2.17. The molecule has 0 aliphatic heterocycles. The van der Waals surface area contributed by atoms with Crippen LogP contribution < -0.4 is 10.1 Å². The third-order valence-electron chi connectivity index (χ3n) is 3.23. The van der Waals surface area contributed by atoms with Gasteiger partial charge in [0.05, 0.1) is 21.8 Å². The van der Waals surface area contributed by atoms with Crippen molar-refractivity contribution in [3.05, 3.63) is 58.6 Å². The van der Waals surface area contributed by atoms with E-state index >= 15 is 0 Å². The first-order chi connectivity index (χ1) is 11.7. The maximum Gasteiger partial charge on any atom is 0.416 e. The Morgan fingerprint density at radius 3 is 2.60 bits per heavy atom. The molecule has 1 atom stereocenters. The van der Waals surface area contributed by atoms with E-state index in [-0.39, 0.29) is 22.0 Å². The summed E-state index contributed by atoms with van der Waals surface area (Å²) in [6.07, 6.45) is -5.61. The fourth-order valence-corrected chi connectivity index (χ4v) is 2.10. The Labute approximate surface area is 146 Å². The number of halogens is 4. The monoisotopic (exact) mass is 368 g/mol. The van der Waals surface area contributed by atoms with Crippen LogP contribution in [0, 0.1) is 11.3 Å². The summed E-state index contributed by atoms with van der Waals surface area (Å²) >= 11 is 5.84. The summed E-state index contributed by atoms with van der Waals surface area (Å²) in [7, 11) is 0. The van der Waals surface area contributed by atoms with Gasteiger partial charge in [-0.1, -0.05) is 23.7 Å². The maximum atomic E-state index is 12.8. The second kappa shape index (κ2) is 7.45. The molecule has 0 aliphatic rings. The summed E-state index contributed by atoms with van der Waals surface area (Å²) < 4.78 is 43.7. The fourth-order valence-electron chi connectivity index (χ4n) is 1.94. The van der Waals surface area contributed by atoms with Gasteiger partial charge >= 0.3 is 6.18 Å². The summed E-state index contributed by atoms with van der Waals surface area (Å²) in [4.78, 5) is 12.2. The highest BCUT2D eigenvalue weighted by atomic mass is 35.5. The zero-order chi connectivity index (χ0) is 18.6. The molecule has 1 amide bonds. The predicted molar refractivity (Wildman–Crippen MR) is 86.3 cm³/mol. The summed E-state index contributed by atoms with van der Waals surface area (Å²) in [5, 5.41) is 11.3. The van der Waals surface area contributed by atoms with E-state index in [1.165, 1.54) is 19.1 Å². The number of nitrogens with one attached hydrogen (secondary N) is 1. The van der Waals surface area contributed by atoms with Crippen LogP contribution in [0.15, 0.2) is 42.5 Å². The highest BCUT2D eigenvalue weighted by Gasteiger charge is 2.31. The molecule has 0 aromatic heterocycles. The number of carbonyl (C=O) groups excluding carboxylic acids is 1. The molecule has 0 unspecified atom stereocenters. The minimum absolute atomic E-state index is 0.0361. The molecule has 1 N–H and O–H groups in total. The Bertz CT molecular complexity index is 831. The van der Waals surface area contributed by atoms with Gasteiger partial charge in [0.1, 0.15) is 11.8 Å². The molecule has 25 heavy (non-hydrogen) atoms. The standard InChI is InChI=1S/C17H12ClF3N2O2/c1-10(25-15-5-3-2-4-11(15)9-22)16(24)23-14-8-12(17(19,20)21)6-7-13(14)18/h2-8,10H,1H3,(H,23,24)/t10-/m1/s1.